The summed E-state index contributed by atoms with van der Waals surface area (Å²) < 4.78 is 13.8. The fourth-order valence-electron chi connectivity index (χ4n) is 2.26. The number of hydrogen-bond acceptors (Lipinski definition) is 1. The van der Waals surface area contributed by atoms with E-state index < -0.39 is 0 Å². The zero-order valence-corrected chi connectivity index (χ0v) is 14.0. The molecule has 0 aliphatic carbocycles. The Kier molecular flexibility index (Phi) is 6.48. The lowest BCUT2D eigenvalue weighted by atomic mass is 9.86. The number of nitrogens with one attached hydrogen (secondary N) is 1. The predicted molar refractivity (Wildman–Crippen MR) is 84.0 cm³/mol. The summed E-state index contributed by atoms with van der Waals surface area (Å²) in [5, 5.41) is 3.60. The van der Waals surface area contributed by atoms with Crippen LogP contribution in [0, 0.1) is 11.2 Å². The average molecular weight is 330 g/mol. The molecule has 1 nitrogen and oxygen atoms in total. The largest absolute Gasteiger partial charge is 0.314 e. The van der Waals surface area contributed by atoms with Crippen molar-refractivity contribution in [3.8, 4) is 0 Å². The first-order valence-corrected chi connectivity index (χ1v) is 7.78. The summed E-state index contributed by atoms with van der Waals surface area (Å²) in [6.07, 6.45) is 3.19. The van der Waals surface area contributed by atoms with Gasteiger partial charge in [0.15, 0.2) is 0 Å². The predicted octanol–water partition coefficient (Wildman–Crippen LogP) is 4.94. The topological polar surface area (TPSA) is 12.0 Å². The second-order valence-corrected chi connectivity index (χ2v) is 7.22. The molecule has 1 N–H and O–H groups in total. The van der Waals surface area contributed by atoms with Crippen molar-refractivity contribution in [2.75, 3.05) is 6.54 Å². The van der Waals surface area contributed by atoms with Crippen LogP contribution in [0.5, 0.6) is 0 Å². The first-order valence-electron chi connectivity index (χ1n) is 6.99. The molecule has 0 heterocycles. The van der Waals surface area contributed by atoms with Crippen LogP contribution >= 0.6 is 15.9 Å². The Morgan fingerprint density at radius 1 is 1.32 bits per heavy atom. The van der Waals surface area contributed by atoms with Gasteiger partial charge in [-0.1, -0.05) is 33.8 Å². The van der Waals surface area contributed by atoms with Gasteiger partial charge in [0.25, 0.3) is 0 Å². The van der Waals surface area contributed by atoms with Crippen molar-refractivity contribution in [3.05, 3.63) is 34.1 Å². The first kappa shape index (κ1) is 16.6. The molecule has 108 valence electrons. The Morgan fingerprint density at radius 2 is 2.00 bits per heavy atom. The van der Waals surface area contributed by atoms with Crippen LogP contribution in [-0.4, -0.2) is 12.6 Å². The SMILES string of the molecule is CCCNC(Cc1ccc(F)c(Br)c1)CC(C)(C)C. The van der Waals surface area contributed by atoms with E-state index in [1.165, 1.54) is 11.6 Å². The van der Waals surface area contributed by atoms with Crippen LogP contribution in [0.15, 0.2) is 22.7 Å². The lowest BCUT2D eigenvalue weighted by Crippen LogP contribution is -2.35. The molecule has 19 heavy (non-hydrogen) atoms. The normalized spacial score (nSPS) is 13.6. The lowest BCUT2D eigenvalue weighted by Gasteiger charge is -2.27. The van der Waals surface area contributed by atoms with Crippen molar-refractivity contribution in [1.82, 2.24) is 5.32 Å². The van der Waals surface area contributed by atoms with Gasteiger partial charge in [0.05, 0.1) is 4.47 Å². The third-order valence-corrected chi connectivity index (χ3v) is 3.62. The summed E-state index contributed by atoms with van der Waals surface area (Å²) in [7, 11) is 0. The maximum absolute atomic E-state index is 13.2. The van der Waals surface area contributed by atoms with E-state index in [9.17, 15) is 4.39 Å². The van der Waals surface area contributed by atoms with Crippen molar-refractivity contribution in [2.24, 2.45) is 5.41 Å². The molecule has 0 radical (unpaired) electrons. The van der Waals surface area contributed by atoms with Gasteiger partial charge in [-0.25, -0.2) is 4.39 Å². The van der Waals surface area contributed by atoms with Crippen LogP contribution in [0.3, 0.4) is 0 Å². The molecule has 1 rings (SSSR count). The van der Waals surface area contributed by atoms with Crippen molar-refractivity contribution < 1.29 is 4.39 Å². The van der Waals surface area contributed by atoms with Crippen LogP contribution in [0.25, 0.3) is 0 Å². The van der Waals surface area contributed by atoms with Crippen LogP contribution in [0.2, 0.25) is 0 Å². The Hall–Kier alpha value is -0.410. The molecule has 1 atom stereocenters. The summed E-state index contributed by atoms with van der Waals surface area (Å²) in [4.78, 5) is 0. The summed E-state index contributed by atoms with van der Waals surface area (Å²) in [5.41, 5.74) is 1.47. The fraction of sp³-hybridized carbons (Fsp3) is 0.625. The van der Waals surface area contributed by atoms with E-state index in [2.05, 4.69) is 48.9 Å². The van der Waals surface area contributed by atoms with Gasteiger partial charge < -0.3 is 5.32 Å². The van der Waals surface area contributed by atoms with Crippen molar-refractivity contribution in [2.45, 2.75) is 53.0 Å². The van der Waals surface area contributed by atoms with Crippen LogP contribution < -0.4 is 5.32 Å². The molecule has 0 aromatic heterocycles. The molecule has 3 heteroatoms. The summed E-state index contributed by atoms with van der Waals surface area (Å²) in [6, 6.07) is 5.74. The molecule has 0 fully saturated rings. The maximum Gasteiger partial charge on any atom is 0.137 e. The summed E-state index contributed by atoms with van der Waals surface area (Å²) in [6.45, 7) is 9.98. The van der Waals surface area contributed by atoms with Gasteiger partial charge in [-0.15, -0.1) is 0 Å². The third kappa shape index (κ3) is 6.53. The Morgan fingerprint density at radius 3 is 2.53 bits per heavy atom. The molecule has 1 aromatic rings. The minimum absolute atomic E-state index is 0.197. The van der Waals surface area contributed by atoms with E-state index in [1.54, 1.807) is 0 Å². The van der Waals surface area contributed by atoms with Gasteiger partial charge in [0, 0.05) is 6.04 Å². The van der Waals surface area contributed by atoms with Crippen LogP contribution in [0.1, 0.15) is 46.1 Å². The molecule has 0 saturated carbocycles. The van der Waals surface area contributed by atoms with Crippen LogP contribution in [0.4, 0.5) is 4.39 Å². The Balaban J connectivity index is 2.72. The maximum atomic E-state index is 13.2. The number of halogens is 2. The molecule has 0 saturated heterocycles. The van der Waals surface area contributed by atoms with Gasteiger partial charge in [0.1, 0.15) is 5.82 Å². The lowest BCUT2D eigenvalue weighted by molar-refractivity contribution is 0.306. The van der Waals surface area contributed by atoms with E-state index in [-0.39, 0.29) is 5.82 Å². The molecule has 0 bridgehead atoms. The minimum atomic E-state index is -0.197. The summed E-state index contributed by atoms with van der Waals surface area (Å²) in [5.74, 6) is -0.197. The van der Waals surface area contributed by atoms with E-state index in [1.807, 2.05) is 12.1 Å². The highest BCUT2D eigenvalue weighted by Crippen LogP contribution is 2.24. The van der Waals surface area contributed by atoms with Gasteiger partial charge in [0.2, 0.25) is 0 Å². The van der Waals surface area contributed by atoms with E-state index in [0.29, 0.717) is 15.9 Å². The number of benzene rings is 1. The highest BCUT2D eigenvalue weighted by Gasteiger charge is 2.18. The molecular weight excluding hydrogens is 305 g/mol. The molecule has 1 unspecified atom stereocenters. The fourth-order valence-corrected chi connectivity index (χ4v) is 2.68. The molecule has 0 aliphatic rings. The highest BCUT2D eigenvalue weighted by molar-refractivity contribution is 9.10. The molecule has 1 aromatic carbocycles. The van der Waals surface area contributed by atoms with E-state index in [0.717, 1.165) is 25.8 Å². The highest BCUT2D eigenvalue weighted by atomic mass is 79.9. The molecule has 0 aliphatic heterocycles. The average Bonchev–Trinajstić information content (AvgIpc) is 2.29. The second kappa shape index (κ2) is 7.39. The van der Waals surface area contributed by atoms with Crippen molar-refractivity contribution in [3.63, 3.8) is 0 Å². The molecule has 0 spiro atoms. The Bertz CT molecular complexity index is 398. The van der Waals surface area contributed by atoms with Crippen molar-refractivity contribution >= 4 is 15.9 Å². The van der Waals surface area contributed by atoms with Gasteiger partial charge >= 0.3 is 0 Å². The quantitative estimate of drug-likeness (QED) is 0.779. The van der Waals surface area contributed by atoms with Gasteiger partial charge in [-0.05, 0) is 64.8 Å². The van der Waals surface area contributed by atoms with Gasteiger partial charge in [-0.2, -0.15) is 0 Å². The van der Waals surface area contributed by atoms with E-state index >= 15 is 0 Å². The molecular formula is C16H25BrFN. The standard InChI is InChI=1S/C16H25BrFN/c1-5-8-19-13(11-16(2,3)4)9-12-6-7-15(18)14(17)10-12/h6-7,10,13,19H,5,8-9,11H2,1-4H3. The molecule has 0 amide bonds. The van der Waals surface area contributed by atoms with Gasteiger partial charge in [-0.3, -0.25) is 0 Å². The third-order valence-electron chi connectivity index (χ3n) is 3.01. The van der Waals surface area contributed by atoms with Crippen LogP contribution in [-0.2, 0) is 6.42 Å². The monoisotopic (exact) mass is 329 g/mol. The first-order chi connectivity index (χ1) is 8.81. The minimum Gasteiger partial charge on any atom is -0.314 e. The smallest absolute Gasteiger partial charge is 0.137 e. The Labute approximate surface area is 125 Å². The second-order valence-electron chi connectivity index (χ2n) is 6.37. The van der Waals surface area contributed by atoms with Crippen molar-refractivity contribution in [1.29, 1.82) is 0 Å². The number of rotatable bonds is 6. The summed E-state index contributed by atoms with van der Waals surface area (Å²) >= 11 is 3.25. The zero-order chi connectivity index (χ0) is 14.5. The van der Waals surface area contributed by atoms with E-state index in [4.69, 9.17) is 0 Å². The number of hydrogen-bond donors (Lipinski definition) is 1. The zero-order valence-electron chi connectivity index (χ0n) is 12.4.